The molecule has 1 aromatic heterocycles. The smallest absolute Gasteiger partial charge is 0.318 e. The van der Waals surface area contributed by atoms with Gasteiger partial charge in [-0.1, -0.05) is 59.8 Å². The lowest BCUT2D eigenvalue weighted by Crippen LogP contribution is -2.15. The van der Waals surface area contributed by atoms with Crippen molar-refractivity contribution in [3.8, 4) is 5.69 Å². The van der Waals surface area contributed by atoms with Crippen LogP contribution in [0.2, 0.25) is 0 Å². The van der Waals surface area contributed by atoms with E-state index >= 15 is 0 Å². The Balaban J connectivity index is 1.99. The van der Waals surface area contributed by atoms with E-state index in [2.05, 4.69) is 41.4 Å². The average Bonchev–Trinajstić information content (AvgIpc) is 3.04. The van der Waals surface area contributed by atoms with Gasteiger partial charge in [-0.3, -0.25) is 9.36 Å². The number of hydrogen-bond donors (Lipinski definition) is 0. The van der Waals surface area contributed by atoms with E-state index in [0.717, 1.165) is 17.1 Å². The van der Waals surface area contributed by atoms with Gasteiger partial charge >= 0.3 is 5.97 Å². The molecule has 3 aromatic rings. The summed E-state index contributed by atoms with van der Waals surface area (Å²) in [5.74, 6) is 0.553. The van der Waals surface area contributed by atoms with Crippen LogP contribution in [0, 0.1) is 6.92 Å². The fourth-order valence-corrected chi connectivity index (χ4v) is 3.51. The summed E-state index contributed by atoms with van der Waals surface area (Å²) in [4.78, 5) is 11.8. The van der Waals surface area contributed by atoms with E-state index in [4.69, 9.17) is 4.74 Å². The fraction of sp³-hybridized carbons (Fsp3) is 0.250. The van der Waals surface area contributed by atoms with Crippen molar-refractivity contribution in [3.63, 3.8) is 0 Å². The number of rotatable bonds is 6. The number of nitrogens with zero attached hydrogens (tertiary/aromatic N) is 3. The first-order valence-corrected chi connectivity index (χ1v) is 9.26. The highest BCUT2D eigenvalue weighted by Crippen LogP contribution is 2.27. The fourth-order valence-electron chi connectivity index (χ4n) is 2.59. The Morgan fingerprint density at radius 1 is 1.12 bits per heavy atom. The number of thioether (sulfide) groups is 1. The Kier molecular flexibility index (Phi) is 5.73. The summed E-state index contributed by atoms with van der Waals surface area (Å²) >= 11 is 1.35. The van der Waals surface area contributed by atoms with E-state index < -0.39 is 0 Å². The zero-order valence-corrected chi connectivity index (χ0v) is 15.9. The summed E-state index contributed by atoms with van der Waals surface area (Å²) in [7, 11) is 1.39. The highest BCUT2D eigenvalue weighted by Gasteiger charge is 2.21. The van der Waals surface area contributed by atoms with Gasteiger partial charge in [0.1, 0.15) is 11.1 Å². The molecule has 0 fully saturated rings. The highest BCUT2D eigenvalue weighted by atomic mass is 32.2. The summed E-state index contributed by atoms with van der Waals surface area (Å²) in [6.45, 7) is 3.86. The van der Waals surface area contributed by atoms with Crippen LogP contribution in [0.5, 0.6) is 0 Å². The number of hydrogen-bond acceptors (Lipinski definition) is 5. The van der Waals surface area contributed by atoms with Crippen LogP contribution in [-0.2, 0) is 16.0 Å². The molecule has 0 spiro atoms. The van der Waals surface area contributed by atoms with Crippen LogP contribution in [-0.4, -0.2) is 33.1 Å². The molecule has 0 amide bonds. The second-order valence-electron chi connectivity index (χ2n) is 6.02. The number of esters is 1. The normalized spacial score (nSPS) is 12.0. The molecule has 0 bridgehead atoms. The molecular formula is C20H21N3O2S. The molecule has 0 aliphatic carbocycles. The molecule has 26 heavy (non-hydrogen) atoms. The molecule has 0 aliphatic heterocycles. The molecule has 1 heterocycles. The molecule has 0 aliphatic rings. The maximum absolute atomic E-state index is 11.8. The summed E-state index contributed by atoms with van der Waals surface area (Å²) < 4.78 is 6.84. The van der Waals surface area contributed by atoms with E-state index in [0.29, 0.717) is 11.6 Å². The molecule has 1 atom stereocenters. The molecule has 0 N–H and O–H groups in total. The maximum atomic E-state index is 11.8. The van der Waals surface area contributed by atoms with Crippen molar-refractivity contribution in [2.24, 2.45) is 0 Å². The van der Waals surface area contributed by atoms with E-state index in [-0.39, 0.29) is 11.2 Å². The third kappa shape index (κ3) is 4.14. The molecule has 2 aromatic carbocycles. The standard InChI is InChI=1S/C20H21N3O2S/c1-14-9-11-17(12-10-14)23-18(13-16-7-5-4-6-8-16)21-22-20(23)26-15(2)19(24)25-3/h4-12,15H,13H2,1-3H3/t15-/m1/s1. The van der Waals surface area contributed by atoms with Crippen molar-refractivity contribution >= 4 is 17.7 Å². The summed E-state index contributed by atoms with van der Waals surface area (Å²) in [6, 6.07) is 18.3. The predicted octanol–water partition coefficient (Wildman–Crippen LogP) is 3.82. The topological polar surface area (TPSA) is 57.0 Å². The monoisotopic (exact) mass is 367 g/mol. The number of benzene rings is 2. The van der Waals surface area contributed by atoms with Crippen LogP contribution in [0.15, 0.2) is 59.8 Å². The van der Waals surface area contributed by atoms with E-state index in [9.17, 15) is 4.79 Å². The third-order valence-corrected chi connectivity index (χ3v) is 5.03. The van der Waals surface area contributed by atoms with Gasteiger partial charge in [0.15, 0.2) is 5.16 Å². The van der Waals surface area contributed by atoms with Crippen LogP contribution in [0.4, 0.5) is 0 Å². The SMILES string of the molecule is COC(=O)[C@@H](C)Sc1nnc(Cc2ccccc2)n1-c1ccc(C)cc1. The largest absolute Gasteiger partial charge is 0.468 e. The molecule has 0 radical (unpaired) electrons. The zero-order chi connectivity index (χ0) is 18.5. The van der Waals surface area contributed by atoms with Gasteiger partial charge in [-0.25, -0.2) is 0 Å². The van der Waals surface area contributed by atoms with Gasteiger partial charge in [0.2, 0.25) is 0 Å². The minimum Gasteiger partial charge on any atom is -0.468 e. The first-order valence-electron chi connectivity index (χ1n) is 8.38. The number of aryl methyl sites for hydroxylation is 1. The summed E-state index contributed by atoms with van der Waals surface area (Å²) in [5.41, 5.74) is 3.32. The zero-order valence-electron chi connectivity index (χ0n) is 15.0. The Hall–Kier alpha value is -2.60. The van der Waals surface area contributed by atoms with E-state index in [1.165, 1.54) is 24.4 Å². The molecule has 0 saturated heterocycles. The van der Waals surface area contributed by atoms with Gasteiger partial charge in [0.05, 0.1) is 7.11 Å². The average molecular weight is 367 g/mol. The van der Waals surface area contributed by atoms with E-state index in [1.807, 2.05) is 41.8 Å². The van der Waals surface area contributed by atoms with Crippen molar-refractivity contribution in [1.29, 1.82) is 0 Å². The Morgan fingerprint density at radius 2 is 1.81 bits per heavy atom. The van der Waals surface area contributed by atoms with Crippen molar-refractivity contribution in [2.45, 2.75) is 30.7 Å². The Bertz CT molecular complexity index is 876. The molecule has 6 heteroatoms. The van der Waals surface area contributed by atoms with Gasteiger partial charge in [-0.15, -0.1) is 10.2 Å². The highest BCUT2D eigenvalue weighted by molar-refractivity contribution is 8.00. The van der Waals surface area contributed by atoms with Crippen LogP contribution < -0.4 is 0 Å². The molecule has 5 nitrogen and oxygen atoms in total. The molecule has 0 saturated carbocycles. The molecular weight excluding hydrogens is 346 g/mol. The first kappa shape index (κ1) is 18.2. The van der Waals surface area contributed by atoms with Crippen molar-refractivity contribution in [1.82, 2.24) is 14.8 Å². The third-order valence-electron chi connectivity index (χ3n) is 4.01. The van der Waals surface area contributed by atoms with Crippen LogP contribution >= 0.6 is 11.8 Å². The molecule has 3 rings (SSSR count). The number of ether oxygens (including phenoxy) is 1. The lowest BCUT2D eigenvalue weighted by Gasteiger charge is -2.13. The lowest BCUT2D eigenvalue weighted by molar-refractivity contribution is -0.139. The number of carbonyl (C=O) groups excluding carboxylic acids is 1. The van der Waals surface area contributed by atoms with Gasteiger partial charge in [-0.05, 0) is 31.5 Å². The van der Waals surface area contributed by atoms with Crippen molar-refractivity contribution < 1.29 is 9.53 Å². The second-order valence-corrected chi connectivity index (χ2v) is 7.32. The number of methoxy groups -OCH3 is 1. The minimum absolute atomic E-state index is 0.280. The van der Waals surface area contributed by atoms with Crippen LogP contribution in [0.25, 0.3) is 5.69 Å². The van der Waals surface area contributed by atoms with Gasteiger partial charge in [0, 0.05) is 12.1 Å². The van der Waals surface area contributed by atoms with Gasteiger partial charge in [0.25, 0.3) is 0 Å². The minimum atomic E-state index is -0.363. The van der Waals surface area contributed by atoms with Crippen LogP contribution in [0.3, 0.4) is 0 Å². The number of aromatic nitrogens is 3. The van der Waals surface area contributed by atoms with Crippen LogP contribution in [0.1, 0.15) is 23.9 Å². The predicted molar refractivity (Wildman–Crippen MR) is 103 cm³/mol. The Morgan fingerprint density at radius 3 is 2.46 bits per heavy atom. The maximum Gasteiger partial charge on any atom is 0.318 e. The molecule has 0 unspecified atom stereocenters. The van der Waals surface area contributed by atoms with Crippen molar-refractivity contribution in [2.75, 3.05) is 7.11 Å². The van der Waals surface area contributed by atoms with E-state index in [1.54, 1.807) is 0 Å². The summed E-state index contributed by atoms with van der Waals surface area (Å²) in [5, 5.41) is 9.04. The van der Waals surface area contributed by atoms with Crippen molar-refractivity contribution in [3.05, 3.63) is 71.5 Å². The van der Waals surface area contributed by atoms with Gasteiger partial charge < -0.3 is 4.74 Å². The second kappa shape index (κ2) is 8.19. The summed E-state index contributed by atoms with van der Waals surface area (Å²) in [6.07, 6.45) is 0.662. The number of carbonyl (C=O) groups is 1. The quantitative estimate of drug-likeness (QED) is 0.490. The molecule has 134 valence electrons. The van der Waals surface area contributed by atoms with Gasteiger partial charge in [-0.2, -0.15) is 0 Å². The Labute approximate surface area is 157 Å². The first-order chi connectivity index (χ1) is 12.6. The lowest BCUT2D eigenvalue weighted by atomic mass is 10.1.